The summed E-state index contributed by atoms with van der Waals surface area (Å²) < 4.78 is 5.94. The van der Waals surface area contributed by atoms with Gasteiger partial charge in [0.1, 0.15) is 0 Å². The first-order valence-electron chi connectivity index (χ1n) is 10.8. The first-order chi connectivity index (χ1) is 13.7. The van der Waals surface area contributed by atoms with Gasteiger partial charge in [-0.1, -0.05) is 30.3 Å². The Labute approximate surface area is 192 Å². The number of fused-ring (bicyclic) bond motifs is 2. The highest BCUT2D eigenvalue weighted by Crippen LogP contribution is 2.34. The second kappa shape index (κ2) is 10.9. The van der Waals surface area contributed by atoms with Gasteiger partial charge in [-0.05, 0) is 38.3 Å². The number of piperazine rings is 1. The minimum Gasteiger partial charge on any atom is -0.373 e. The number of aliphatic imine (C=N–C) groups is 1. The van der Waals surface area contributed by atoms with E-state index in [0.717, 1.165) is 51.5 Å². The number of nitrogens with one attached hydrogen (secondary N) is 2. The molecule has 2 bridgehead atoms. The zero-order valence-electron chi connectivity index (χ0n) is 17.7. The van der Waals surface area contributed by atoms with E-state index < -0.39 is 0 Å². The number of benzene rings is 1. The molecule has 0 aromatic heterocycles. The highest BCUT2D eigenvalue weighted by atomic mass is 127. The largest absolute Gasteiger partial charge is 0.373 e. The van der Waals surface area contributed by atoms with Gasteiger partial charge in [-0.25, -0.2) is 0 Å². The molecule has 4 unspecified atom stereocenters. The Hall–Kier alpha value is -0.900. The van der Waals surface area contributed by atoms with Crippen LogP contribution in [0.4, 0.5) is 0 Å². The Morgan fingerprint density at radius 1 is 1.21 bits per heavy atom. The molecule has 4 rings (SSSR count). The number of likely N-dealkylation sites (N-methyl/N-ethyl adjacent to an activating group) is 1. The normalized spacial score (nSPS) is 30.2. The van der Waals surface area contributed by atoms with E-state index in [1.54, 1.807) is 0 Å². The van der Waals surface area contributed by atoms with Crippen LogP contribution in [-0.2, 0) is 4.74 Å². The summed E-state index contributed by atoms with van der Waals surface area (Å²) in [5.74, 6) is 0.916. The Balaban J connectivity index is 0.00000240. The molecule has 0 saturated carbocycles. The standard InChI is InChI=1S/C22H35N5O.HI/c1-23-22(25-19-15-18-9-10-21(19)28-18)24-11-6-12-27-14-13-26(2)16-20(27)17-7-4-3-5-8-17;/h3-5,7-8,18-21H,6,9-16H2,1-2H3,(H2,23,24,25);1H. The molecule has 4 atom stereocenters. The van der Waals surface area contributed by atoms with Crippen LogP contribution in [0.25, 0.3) is 0 Å². The first kappa shape index (κ1) is 22.8. The Morgan fingerprint density at radius 3 is 2.72 bits per heavy atom. The SMILES string of the molecule is CN=C(NCCCN1CCN(C)CC1c1ccccc1)NC1CC2CCC1O2.I. The number of rotatable bonds is 6. The third-order valence-electron chi connectivity index (χ3n) is 6.44. The summed E-state index contributed by atoms with van der Waals surface area (Å²) >= 11 is 0. The minimum absolute atomic E-state index is 0. The maximum absolute atomic E-state index is 5.94. The van der Waals surface area contributed by atoms with Gasteiger partial charge in [0.2, 0.25) is 0 Å². The Morgan fingerprint density at radius 2 is 2.03 bits per heavy atom. The van der Waals surface area contributed by atoms with Gasteiger partial charge >= 0.3 is 0 Å². The molecule has 6 nitrogen and oxygen atoms in total. The summed E-state index contributed by atoms with van der Waals surface area (Å²) in [4.78, 5) is 9.49. The molecule has 0 aliphatic carbocycles. The van der Waals surface area contributed by atoms with Gasteiger partial charge in [-0.3, -0.25) is 9.89 Å². The van der Waals surface area contributed by atoms with E-state index in [-0.39, 0.29) is 24.0 Å². The van der Waals surface area contributed by atoms with Crippen molar-refractivity contribution in [2.24, 2.45) is 4.99 Å². The summed E-state index contributed by atoms with van der Waals surface area (Å²) in [6.45, 7) is 5.42. The third-order valence-corrected chi connectivity index (χ3v) is 6.44. The van der Waals surface area contributed by atoms with Crippen molar-refractivity contribution < 1.29 is 4.74 Å². The minimum atomic E-state index is 0. The smallest absolute Gasteiger partial charge is 0.191 e. The molecule has 0 amide bonds. The summed E-state index contributed by atoms with van der Waals surface area (Å²) in [5.41, 5.74) is 1.43. The van der Waals surface area contributed by atoms with Crippen molar-refractivity contribution in [3.63, 3.8) is 0 Å². The van der Waals surface area contributed by atoms with Gasteiger partial charge in [0, 0.05) is 45.8 Å². The van der Waals surface area contributed by atoms with E-state index in [1.165, 1.54) is 18.4 Å². The molecular formula is C22H36IN5O. The predicted molar refractivity (Wildman–Crippen MR) is 129 cm³/mol. The second-order valence-corrected chi connectivity index (χ2v) is 8.44. The predicted octanol–water partition coefficient (Wildman–Crippen LogP) is 2.47. The summed E-state index contributed by atoms with van der Waals surface area (Å²) in [7, 11) is 4.08. The summed E-state index contributed by atoms with van der Waals surface area (Å²) in [6.07, 6.45) is 5.48. The Bertz CT molecular complexity index is 658. The first-order valence-corrected chi connectivity index (χ1v) is 10.8. The van der Waals surface area contributed by atoms with Gasteiger partial charge in [-0.2, -0.15) is 0 Å². The van der Waals surface area contributed by atoms with Crippen molar-refractivity contribution >= 4 is 29.9 Å². The highest BCUT2D eigenvalue weighted by Gasteiger charge is 2.41. The molecule has 1 aromatic rings. The van der Waals surface area contributed by atoms with Crippen LogP contribution in [0.3, 0.4) is 0 Å². The lowest BCUT2D eigenvalue weighted by Crippen LogP contribution is -2.49. The molecule has 0 radical (unpaired) electrons. The van der Waals surface area contributed by atoms with Crippen LogP contribution in [0.1, 0.15) is 37.3 Å². The van der Waals surface area contributed by atoms with Crippen LogP contribution in [0, 0.1) is 0 Å². The van der Waals surface area contributed by atoms with Gasteiger partial charge in [0.05, 0.1) is 18.2 Å². The molecule has 3 saturated heterocycles. The van der Waals surface area contributed by atoms with Crippen molar-refractivity contribution in [2.45, 2.75) is 50.0 Å². The fourth-order valence-corrected chi connectivity index (χ4v) is 4.86. The average molecular weight is 513 g/mol. The van der Waals surface area contributed by atoms with Crippen LogP contribution in [0.2, 0.25) is 0 Å². The van der Waals surface area contributed by atoms with Gasteiger partial charge in [0.25, 0.3) is 0 Å². The summed E-state index contributed by atoms with van der Waals surface area (Å²) in [5, 5.41) is 7.07. The highest BCUT2D eigenvalue weighted by molar-refractivity contribution is 14.0. The molecule has 3 aliphatic heterocycles. The van der Waals surface area contributed by atoms with E-state index in [0.29, 0.717) is 24.3 Å². The van der Waals surface area contributed by atoms with Crippen LogP contribution < -0.4 is 10.6 Å². The molecule has 7 heteroatoms. The number of guanidine groups is 1. The molecule has 3 heterocycles. The quantitative estimate of drug-likeness (QED) is 0.265. The van der Waals surface area contributed by atoms with Crippen molar-refractivity contribution in [2.75, 3.05) is 46.8 Å². The molecule has 29 heavy (non-hydrogen) atoms. The van der Waals surface area contributed by atoms with Crippen molar-refractivity contribution in [1.29, 1.82) is 0 Å². The molecular weight excluding hydrogens is 477 g/mol. The zero-order chi connectivity index (χ0) is 19.3. The maximum atomic E-state index is 5.94. The number of ether oxygens (including phenoxy) is 1. The molecule has 1 aromatic carbocycles. The fourth-order valence-electron chi connectivity index (χ4n) is 4.86. The lowest BCUT2D eigenvalue weighted by atomic mass is 9.96. The van der Waals surface area contributed by atoms with Crippen molar-refractivity contribution in [3.8, 4) is 0 Å². The number of hydrogen-bond donors (Lipinski definition) is 2. The molecule has 3 fully saturated rings. The fraction of sp³-hybridized carbons (Fsp3) is 0.682. The van der Waals surface area contributed by atoms with E-state index >= 15 is 0 Å². The van der Waals surface area contributed by atoms with Gasteiger partial charge < -0.3 is 20.3 Å². The molecule has 162 valence electrons. The summed E-state index contributed by atoms with van der Waals surface area (Å²) in [6, 6.07) is 11.8. The van der Waals surface area contributed by atoms with E-state index in [4.69, 9.17) is 4.74 Å². The lowest BCUT2D eigenvalue weighted by Gasteiger charge is -2.40. The van der Waals surface area contributed by atoms with E-state index in [9.17, 15) is 0 Å². The monoisotopic (exact) mass is 513 g/mol. The average Bonchev–Trinajstić information content (AvgIpc) is 3.35. The maximum Gasteiger partial charge on any atom is 0.191 e. The number of halogens is 1. The van der Waals surface area contributed by atoms with Gasteiger partial charge in [-0.15, -0.1) is 24.0 Å². The second-order valence-electron chi connectivity index (χ2n) is 8.44. The third kappa shape index (κ3) is 5.83. The van der Waals surface area contributed by atoms with Gasteiger partial charge in [0.15, 0.2) is 5.96 Å². The Kier molecular flexibility index (Phi) is 8.58. The van der Waals surface area contributed by atoms with Crippen LogP contribution in [-0.4, -0.2) is 80.8 Å². The van der Waals surface area contributed by atoms with Crippen molar-refractivity contribution in [3.05, 3.63) is 35.9 Å². The number of nitrogens with zero attached hydrogens (tertiary/aromatic N) is 3. The molecule has 2 N–H and O–H groups in total. The lowest BCUT2D eigenvalue weighted by molar-refractivity contribution is 0.0891. The van der Waals surface area contributed by atoms with Crippen molar-refractivity contribution in [1.82, 2.24) is 20.4 Å². The van der Waals surface area contributed by atoms with Crippen LogP contribution in [0.15, 0.2) is 35.3 Å². The van der Waals surface area contributed by atoms with E-state index in [2.05, 4.69) is 62.8 Å². The molecule has 0 spiro atoms. The van der Waals surface area contributed by atoms with E-state index in [1.807, 2.05) is 7.05 Å². The van der Waals surface area contributed by atoms with Crippen LogP contribution in [0.5, 0.6) is 0 Å². The molecule has 3 aliphatic rings. The number of hydrogen-bond acceptors (Lipinski definition) is 4. The zero-order valence-corrected chi connectivity index (χ0v) is 20.0. The topological polar surface area (TPSA) is 52.1 Å². The van der Waals surface area contributed by atoms with Crippen LogP contribution >= 0.6 is 24.0 Å².